The van der Waals surface area contributed by atoms with Gasteiger partial charge in [-0.1, -0.05) is 43.7 Å². The molecule has 0 heterocycles. The van der Waals surface area contributed by atoms with Crippen molar-refractivity contribution in [3.63, 3.8) is 0 Å². The lowest BCUT2D eigenvalue weighted by molar-refractivity contribution is -0.115. The Balaban J connectivity index is 2.02. The smallest absolute Gasteiger partial charge is 0.228 e. The lowest BCUT2D eigenvalue weighted by atomic mass is 10.1. The van der Waals surface area contributed by atoms with Gasteiger partial charge in [-0.3, -0.25) is 4.79 Å². The van der Waals surface area contributed by atoms with Crippen molar-refractivity contribution in [1.29, 1.82) is 0 Å². The van der Waals surface area contributed by atoms with Gasteiger partial charge in [-0.05, 0) is 35.7 Å². The largest absolute Gasteiger partial charge is 0.326 e. The number of aryl methyl sites for hydroxylation is 1. The van der Waals surface area contributed by atoms with Gasteiger partial charge in [-0.25, -0.2) is 0 Å². The van der Waals surface area contributed by atoms with Crippen molar-refractivity contribution in [3.05, 3.63) is 59.7 Å². The Morgan fingerprint density at radius 2 is 1.80 bits per heavy atom. The Labute approximate surface area is 125 Å². The van der Waals surface area contributed by atoms with E-state index in [0.29, 0.717) is 6.42 Å². The first-order chi connectivity index (χ1) is 9.69. The van der Waals surface area contributed by atoms with Crippen LogP contribution in [0.25, 0.3) is 0 Å². The summed E-state index contributed by atoms with van der Waals surface area (Å²) in [5.74, 6) is 0.0143. The molecule has 2 aromatic carbocycles. The molecule has 0 atom stereocenters. The van der Waals surface area contributed by atoms with E-state index in [1.54, 1.807) is 0 Å². The molecule has 0 saturated carbocycles. The van der Waals surface area contributed by atoms with Crippen molar-refractivity contribution in [1.82, 2.24) is 0 Å². The number of anilines is 1. The Kier molecular flexibility index (Phi) is 5.24. The van der Waals surface area contributed by atoms with Crippen LogP contribution in [-0.4, -0.2) is 5.91 Å². The summed E-state index contributed by atoms with van der Waals surface area (Å²) in [6, 6.07) is 15.6. The maximum absolute atomic E-state index is 12.1. The van der Waals surface area contributed by atoms with Crippen LogP contribution in [0.4, 0.5) is 5.69 Å². The zero-order valence-electron chi connectivity index (χ0n) is 11.6. The molecule has 2 nitrogen and oxygen atoms in total. The molecule has 3 heteroatoms. The molecular formula is C17H19NOS. The minimum Gasteiger partial charge on any atom is -0.326 e. The van der Waals surface area contributed by atoms with Crippen molar-refractivity contribution < 1.29 is 4.79 Å². The summed E-state index contributed by atoms with van der Waals surface area (Å²) in [5.41, 5.74) is 3.10. The monoisotopic (exact) mass is 285 g/mol. The van der Waals surface area contributed by atoms with Crippen LogP contribution >= 0.6 is 12.6 Å². The highest BCUT2D eigenvalue weighted by atomic mass is 32.1. The Morgan fingerprint density at radius 3 is 2.50 bits per heavy atom. The number of carbonyl (C=O) groups excluding carboxylic acids is 1. The van der Waals surface area contributed by atoms with Crippen molar-refractivity contribution >= 4 is 24.2 Å². The maximum Gasteiger partial charge on any atom is 0.228 e. The first-order valence-corrected chi connectivity index (χ1v) is 7.29. The molecule has 0 aromatic heterocycles. The number of hydrogen-bond donors (Lipinski definition) is 2. The zero-order chi connectivity index (χ0) is 14.4. The molecular weight excluding hydrogens is 266 g/mol. The Bertz CT molecular complexity index is 578. The fraction of sp³-hybridized carbons (Fsp3) is 0.235. The van der Waals surface area contributed by atoms with Gasteiger partial charge in [0, 0.05) is 10.6 Å². The van der Waals surface area contributed by atoms with Gasteiger partial charge in [-0.15, -0.1) is 12.6 Å². The standard InChI is InChI=1S/C17H19NOS/c1-2-5-14-6-3-4-7-16(14)18-17(19)12-13-8-10-15(20)11-9-13/h3-4,6-11,20H,2,5,12H2,1H3,(H,18,19). The van der Waals surface area contributed by atoms with Crippen LogP contribution in [0.15, 0.2) is 53.4 Å². The van der Waals surface area contributed by atoms with Gasteiger partial charge >= 0.3 is 0 Å². The summed E-state index contributed by atoms with van der Waals surface area (Å²) in [6.07, 6.45) is 2.43. The van der Waals surface area contributed by atoms with Crippen LogP contribution in [0.5, 0.6) is 0 Å². The van der Waals surface area contributed by atoms with E-state index in [9.17, 15) is 4.79 Å². The second-order valence-corrected chi connectivity index (χ2v) is 5.31. The van der Waals surface area contributed by atoms with Crippen molar-refractivity contribution in [2.24, 2.45) is 0 Å². The topological polar surface area (TPSA) is 29.1 Å². The molecule has 0 unspecified atom stereocenters. The highest BCUT2D eigenvalue weighted by molar-refractivity contribution is 7.80. The van der Waals surface area contributed by atoms with Gasteiger partial charge in [-0.2, -0.15) is 0 Å². The van der Waals surface area contributed by atoms with Crippen LogP contribution in [0.1, 0.15) is 24.5 Å². The molecule has 0 aliphatic carbocycles. The number of rotatable bonds is 5. The lowest BCUT2D eigenvalue weighted by Crippen LogP contribution is -2.15. The predicted molar refractivity (Wildman–Crippen MR) is 86.5 cm³/mol. The van der Waals surface area contributed by atoms with Crippen LogP contribution in [-0.2, 0) is 17.6 Å². The molecule has 2 aromatic rings. The molecule has 2 rings (SSSR count). The predicted octanol–water partition coefficient (Wildman–Crippen LogP) is 4.11. The summed E-state index contributed by atoms with van der Waals surface area (Å²) in [4.78, 5) is 13.0. The van der Waals surface area contributed by atoms with Crippen LogP contribution in [0, 0.1) is 0 Å². The quantitative estimate of drug-likeness (QED) is 0.795. The van der Waals surface area contributed by atoms with E-state index < -0.39 is 0 Å². The van der Waals surface area contributed by atoms with Crippen LogP contribution in [0.3, 0.4) is 0 Å². The average molecular weight is 285 g/mol. The fourth-order valence-electron chi connectivity index (χ4n) is 2.12. The third-order valence-electron chi connectivity index (χ3n) is 3.11. The van der Waals surface area contributed by atoms with Crippen LogP contribution in [0.2, 0.25) is 0 Å². The van der Waals surface area contributed by atoms with Gasteiger partial charge < -0.3 is 5.32 Å². The minimum absolute atomic E-state index is 0.0143. The number of nitrogens with one attached hydrogen (secondary N) is 1. The normalized spacial score (nSPS) is 10.3. The third-order valence-corrected chi connectivity index (χ3v) is 3.41. The maximum atomic E-state index is 12.1. The molecule has 1 amide bonds. The summed E-state index contributed by atoms with van der Waals surface area (Å²) in [6.45, 7) is 2.14. The highest BCUT2D eigenvalue weighted by Gasteiger charge is 2.07. The molecule has 0 spiro atoms. The molecule has 0 radical (unpaired) electrons. The second-order valence-electron chi connectivity index (χ2n) is 4.80. The first kappa shape index (κ1) is 14.7. The zero-order valence-corrected chi connectivity index (χ0v) is 12.5. The number of amides is 1. The van der Waals surface area contributed by atoms with Crippen LogP contribution < -0.4 is 5.32 Å². The Morgan fingerprint density at radius 1 is 1.10 bits per heavy atom. The SMILES string of the molecule is CCCc1ccccc1NC(=O)Cc1ccc(S)cc1. The first-order valence-electron chi connectivity index (χ1n) is 6.84. The van der Waals surface area contributed by atoms with E-state index in [-0.39, 0.29) is 5.91 Å². The number of para-hydroxylation sites is 1. The molecule has 104 valence electrons. The van der Waals surface area contributed by atoms with Gasteiger partial charge in [0.15, 0.2) is 0 Å². The van der Waals surface area contributed by atoms with E-state index in [1.807, 2.05) is 42.5 Å². The lowest BCUT2D eigenvalue weighted by Gasteiger charge is -2.10. The van der Waals surface area contributed by atoms with Gasteiger partial charge in [0.25, 0.3) is 0 Å². The van der Waals surface area contributed by atoms with Gasteiger partial charge in [0.1, 0.15) is 0 Å². The molecule has 20 heavy (non-hydrogen) atoms. The van der Waals surface area contributed by atoms with Crippen molar-refractivity contribution in [3.8, 4) is 0 Å². The molecule has 0 bridgehead atoms. The summed E-state index contributed by atoms with van der Waals surface area (Å²) in [7, 11) is 0. The molecule has 1 N–H and O–H groups in total. The van der Waals surface area contributed by atoms with E-state index in [1.165, 1.54) is 5.56 Å². The summed E-state index contributed by atoms with van der Waals surface area (Å²) >= 11 is 4.24. The molecule has 0 saturated heterocycles. The number of benzene rings is 2. The third kappa shape index (κ3) is 4.14. The van der Waals surface area contributed by atoms with Crippen molar-refractivity contribution in [2.45, 2.75) is 31.1 Å². The van der Waals surface area contributed by atoms with E-state index in [2.05, 4.69) is 30.9 Å². The van der Waals surface area contributed by atoms with E-state index in [4.69, 9.17) is 0 Å². The number of hydrogen-bond acceptors (Lipinski definition) is 2. The van der Waals surface area contributed by atoms with Gasteiger partial charge in [0.05, 0.1) is 6.42 Å². The minimum atomic E-state index is 0.0143. The average Bonchev–Trinajstić information content (AvgIpc) is 2.44. The summed E-state index contributed by atoms with van der Waals surface area (Å²) < 4.78 is 0. The Hall–Kier alpha value is -1.74. The highest BCUT2D eigenvalue weighted by Crippen LogP contribution is 2.17. The van der Waals surface area contributed by atoms with Crippen molar-refractivity contribution in [2.75, 3.05) is 5.32 Å². The van der Waals surface area contributed by atoms with E-state index in [0.717, 1.165) is 29.0 Å². The fourth-order valence-corrected chi connectivity index (χ4v) is 2.27. The summed E-state index contributed by atoms with van der Waals surface area (Å²) in [5, 5.41) is 3.00. The second kappa shape index (κ2) is 7.15. The molecule has 0 aliphatic heterocycles. The molecule has 0 aliphatic rings. The van der Waals surface area contributed by atoms with Gasteiger partial charge in [0.2, 0.25) is 5.91 Å². The number of carbonyl (C=O) groups is 1. The molecule has 0 fully saturated rings. The number of thiol groups is 1. The van der Waals surface area contributed by atoms with E-state index >= 15 is 0 Å².